The van der Waals surface area contributed by atoms with Crippen molar-refractivity contribution in [2.24, 2.45) is 0 Å². The van der Waals surface area contributed by atoms with E-state index < -0.39 is 0 Å². The summed E-state index contributed by atoms with van der Waals surface area (Å²) >= 11 is 0. The van der Waals surface area contributed by atoms with Gasteiger partial charge in [-0.05, 0) is 25.1 Å². The molecule has 0 fully saturated rings. The van der Waals surface area contributed by atoms with Gasteiger partial charge in [0.05, 0.1) is 0 Å². The first-order chi connectivity index (χ1) is 6.81. The van der Waals surface area contributed by atoms with E-state index in [1.54, 1.807) is 0 Å². The number of benzene rings is 1. The van der Waals surface area contributed by atoms with Crippen molar-refractivity contribution in [3.8, 4) is 0 Å². The maximum atomic E-state index is 3.46. The lowest BCUT2D eigenvalue weighted by molar-refractivity contribution is 0.521. The van der Waals surface area contributed by atoms with E-state index in [4.69, 9.17) is 0 Å². The molecule has 14 heavy (non-hydrogen) atoms. The molecule has 0 amide bonds. The third-order valence-corrected chi connectivity index (χ3v) is 2.90. The van der Waals surface area contributed by atoms with E-state index in [2.05, 4.69) is 35.8 Å². The fraction of sp³-hybridized carbons (Fsp3) is 0.500. The highest BCUT2D eigenvalue weighted by Gasteiger charge is 2.18. The van der Waals surface area contributed by atoms with E-state index in [1.807, 2.05) is 7.05 Å². The summed E-state index contributed by atoms with van der Waals surface area (Å²) in [5.41, 5.74) is 4.35. The topological polar surface area (TPSA) is 24.1 Å². The monoisotopic (exact) mass is 190 g/mol. The minimum atomic E-state index is 0.628. The van der Waals surface area contributed by atoms with Crippen LogP contribution in [0.4, 0.5) is 0 Å². The smallest absolute Gasteiger partial charge is 0.0208 e. The van der Waals surface area contributed by atoms with Crippen molar-refractivity contribution >= 4 is 0 Å². The Hall–Kier alpha value is -0.860. The summed E-state index contributed by atoms with van der Waals surface area (Å²) in [5.74, 6) is 0.628. The first-order valence-electron chi connectivity index (χ1n) is 5.26. The number of hydrogen-bond donors (Lipinski definition) is 2. The van der Waals surface area contributed by atoms with E-state index in [1.165, 1.54) is 16.7 Å². The van der Waals surface area contributed by atoms with Crippen molar-refractivity contribution in [2.75, 3.05) is 20.1 Å². The van der Waals surface area contributed by atoms with Gasteiger partial charge in [-0.3, -0.25) is 0 Å². The molecule has 1 aliphatic heterocycles. The Morgan fingerprint density at radius 1 is 1.50 bits per heavy atom. The molecule has 2 nitrogen and oxygen atoms in total. The van der Waals surface area contributed by atoms with Crippen LogP contribution >= 0.6 is 0 Å². The Bertz CT molecular complexity index is 320. The highest BCUT2D eigenvalue weighted by molar-refractivity contribution is 5.36. The number of hydrogen-bond acceptors (Lipinski definition) is 2. The lowest BCUT2D eigenvalue weighted by Gasteiger charge is -2.26. The second kappa shape index (κ2) is 4.11. The lowest BCUT2D eigenvalue weighted by Crippen LogP contribution is -2.33. The molecule has 1 atom stereocenters. The van der Waals surface area contributed by atoms with Crippen molar-refractivity contribution in [2.45, 2.75) is 19.4 Å². The van der Waals surface area contributed by atoms with Crippen molar-refractivity contribution in [3.05, 3.63) is 34.9 Å². The molecule has 0 saturated heterocycles. The summed E-state index contributed by atoms with van der Waals surface area (Å²) in [6, 6.07) is 6.78. The molecular weight excluding hydrogens is 172 g/mol. The zero-order valence-corrected chi connectivity index (χ0v) is 8.93. The third kappa shape index (κ3) is 1.81. The molecule has 76 valence electrons. The van der Waals surface area contributed by atoms with Crippen LogP contribution in [0.1, 0.15) is 22.6 Å². The van der Waals surface area contributed by atoms with Gasteiger partial charge in [0, 0.05) is 25.6 Å². The zero-order valence-electron chi connectivity index (χ0n) is 8.93. The molecule has 2 heteroatoms. The Morgan fingerprint density at radius 3 is 3.14 bits per heavy atom. The predicted octanol–water partition coefficient (Wildman–Crippen LogP) is 1.40. The molecule has 0 aliphatic carbocycles. The van der Waals surface area contributed by atoms with Crippen LogP contribution in [0.5, 0.6) is 0 Å². The van der Waals surface area contributed by atoms with Crippen LogP contribution in [0, 0.1) is 6.92 Å². The van der Waals surface area contributed by atoms with Gasteiger partial charge in [-0.1, -0.05) is 23.8 Å². The molecule has 2 N–H and O–H groups in total. The Balaban J connectivity index is 2.32. The van der Waals surface area contributed by atoms with E-state index in [0.717, 1.165) is 19.6 Å². The molecular formula is C12H18N2. The van der Waals surface area contributed by atoms with E-state index >= 15 is 0 Å². The van der Waals surface area contributed by atoms with Crippen LogP contribution in [-0.2, 0) is 6.54 Å². The van der Waals surface area contributed by atoms with Gasteiger partial charge in [0.1, 0.15) is 0 Å². The number of rotatable bonds is 2. The molecule has 0 saturated carbocycles. The normalized spacial score (nSPS) is 20.6. The van der Waals surface area contributed by atoms with Crippen LogP contribution in [0.25, 0.3) is 0 Å². The molecule has 0 bridgehead atoms. The molecule has 1 aliphatic rings. The molecule has 1 unspecified atom stereocenters. The van der Waals surface area contributed by atoms with Crippen molar-refractivity contribution in [1.29, 1.82) is 0 Å². The van der Waals surface area contributed by atoms with Gasteiger partial charge in [0.25, 0.3) is 0 Å². The van der Waals surface area contributed by atoms with Gasteiger partial charge >= 0.3 is 0 Å². The van der Waals surface area contributed by atoms with Gasteiger partial charge in [-0.25, -0.2) is 0 Å². The van der Waals surface area contributed by atoms with Crippen LogP contribution in [0.2, 0.25) is 0 Å². The SMILES string of the molecule is CNCC1CNCc2ccc(C)cc21. The molecule has 1 heterocycles. The Labute approximate surface area is 85.7 Å². The maximum Gasteiger partial charge on any atom is 0.0208 e. The number of aryl methyl sites for hydroxylation is 1. The van der Waals surface area contributed by atoms with Gasteiger partial charge in [-0.2, -0.15) is 0 Å². The van der Waals surface area contributed by atoms with Gasteiger partial charge in [-0.15, -0.1) is 0 Å². The van der Waals surface area contributed by atoms with Crippen LogP contribution < -0.4 is 10.6 Å². The number of nitrogens with one attached hydrogen (secondary N) is 2. The highest BCUT2D eigenvalue weighted by Crippen LogP contribution is 2.24. The maximum absolute atomic E-state index is 3.46. The van der Waals surface area contributed by atoms with Gasteiger partial charge in [0.15, 0.2) is 0 Å². The van der Waals surface area contributed by atoms with E-state index in [0.29, 0.717) is 5.92 Å². The largest absolute Gasteiger partial charge is 0.319 e. The molecule has 0 aromatic heterocycles. The number of fused-ring (bicyclic) bond motifs is 1. The second-order valence-electron chi connectivity index (χ2n) is 4.09. The second-order valence-corrected chi connectivity index (χ2v) is 4.09. The fourth-order valence-electron chi connectivity index (χ4n) is 2.17. The lowest BCUT2D eigenvalue weighted by atomic mass is 9.89. The Morgan fingerprint density at radius 2 is 2.36 bits per heavy atom. The molecule has 2 rings (SSSR count). The Kier molecular flexibility index (Phi) is 2.85. The summed E-state index contributed by atoms with van der Waals surface area (Å²) in [5, 5.41) is 6.71. The van der Waals surface area contributed by atoms with Crippen LogP contribution in [0.15, 0.2) is 18.2 Å². The molecule has 0 radical (unpaired) electrons. The summed E-state index contributed by atoms with van der Waals surface area (Å²) < 4.78 is 0. The standard InChI is InChI=1S/C12H18N2/c1-9-3-4-10-7-14-8-11(6-13-2)12(10)5-9/h3-5,11,13-14H,6-8H2,1-2H3. The summed E-state index contributed by atoms with van der Waals surface area (Å²) in [4.78, 5) is 0. The van der Waals surface area contributed by atoms with Crippen LogP contribution in [0.3, 0.4) is 0 Å². The number of likely N-dealkylation sites (N-methyl/N-ethyl adjacent to an activating group) is 1. The predicted molar refractivity (Wildman–Crippen MR) is 59.6 cm³/mol. The summed E-state index contributed by atoms with van der Waals surface area (Å²) in [6.07, 6.45) is 0. The van der Waals surface area contributed by atoms with Crippen molar-refractivity contribution < 1.29 is 0 Å². The minimum absolute atomic E-state index is 0.628. The third-order valence-electron chi connectivity index (χ3n) is 2.90. The first-order valence-corrected chi connectivity index (χ1v) is 5.26. The molecule has 1 aromatic rings. The van der Waals surface area contributed by atoms with E-state index in [-0.39, 0.29) is 0 Å². The quantitative estimate of drug-likeness (QED) is 0.736. The summed E-state index contributed by atoms with van der Waals surface area (Å²) in [6.45, 7) is 5.34. The van der Waals surface area contributed by atoms with Crippen LogP contribution in [-0.4, -0.2) is 20.1 Å². The van der Waals surface area contributed by atoms with Crippen molar-refractivity contribution in [3.63, 3.8) is 0 Å². The minimum Gasteiger partial charge on any atom is -0.319 e. The van der Waals surface area contributed by atoms with Crippen molar-refractivity contribution in [1.82, 2.24) is 10.6 Å². The fourth-order valence-corrected chi connectivity index (χ4v) is 2.17. The summed E-state index contributed by atoms with van der Waals surface area (Å²) in [7, 11) is 2.02. The first kappa shape index (κ1) is 9.69. The molecule has 1 aromatic carbocycles. The average Bonchev–Trinajstić information content (AvgIpc) is 2.19. The zero-order chi connectivity index (χ0) is 9.97. The average molecular weight is 190 g/mol. The van der Waals surface area contributed by atoms with E-state index in [9.17, 15) is 0 Å². The highest BCUT2D eigenvalue weighted by atomic mass is 14.9. The van der Waals surface area contributed by atoms with Gasteiger partial charge in [0.2, 0.25) is 0 Å². The van der Waals surface area contributed by atoms with Gasteiger partial charge < -0.3 is 10.6 Å². The molecule has 0 spiro atoms.